The second-order valence-corrected chi connectivity index (χ2v) is 8.11. The largest absolute Gasteiger partial charge is 0.495 e. The van der Waals surface area contributed by atoms with E-state index >= 15 is 0 Å². The second-order valence-electron chi connectivity index (χ2n) is 5.76. The van der Waals surface area contributed by atoms with Gasteiger partial charge in [-0.1, -0.05) is 23.7 Å². The predicted octanol–water partition coefficient (Wildman–Crippen LogP) is 3.45. The van der Waals surface area contributed by atoms with Crippen molar-refractivity contribution in [3.8, 4) is 5.75 Å². The Bertz CT molecular complexity index is 900. The van der Waals surface area contributed by atoms with Crippen molar-refractivity contribution < 1.29 is 17.9 Å². The van der Waals surface area contributed by atoms with Gasteiger partial charge in [-0.15, -0.1) is 0 Å². The lowest BCUT2D eigenvalue weighted by Crippen LogP contribution is -2.33. The molecule has 140 valence electrons. The topological polar surface area (TPSA) is 75.7 Å². The number of para-hydroxylation sites is 2. The number of carbonyl (C=O) groups excluding carboxylic acids is 1. The van der Waals surface area contributed by atoms with E-state index in [1.807, 2.05) is 0 Å². The fraction of sp³-hybridized carbons (Fsp3) is 0.278. The number of aryl methyl sites for hydroxylation is 1. The molecule has 0 aliphatic heterocycles. The van der Waals surface area contributed by atoms with Crippen molar-refractivity contribution in [2.45, 2.75) is 13.3 Å². The van der Waals surface area contributed by atoms with E-state index in [-0.39, 0.29) is 18.9 Å². The number of benzene rings is 2. The fourth-order valence-electron chi connectivity index (χ4n) is 2.53. The summed E-state index contributed by atoms with van der Waals surface area (Å²) in [7, 11) is -2.04. The third kappa shape index (κ3) is 5.12. The van der Waals surface area contributed by atoms with Gasteiger partial charge in [0.1, 0.15) is 5.75 Å². The molecular formula is C18H21ClN2O4S. The Morgan fingerprint density at radius 3 is 2.54 bits per heavy atom. The Morgan fingerprint density at radius 2 is 1.92 bits per heavy atom. The highest BCUT2D eigenvalue weighted by molar-refractivity contribution is 7.92. The lowest BCUT2D eigenvalue weighted by molar-refractivity contribution is -0.116. The summed E-state index contributed by atoms with van der Waals surface area (Å²) in [6, 6.07) is 12.0. The van der Waals surface area contributed by atoms with Gasteiger partial charge in [0.25, 0.3) is 0 Å². The molecule has 2 aromatic carbocycles. The minimum Gasteiger partial charge on any atom is -0.495 e. The first-order valence-corrected chi connectivity index (χ1v) is 10.1. The molecule has 0 saturated carbocycles. The summed E-state index contributed by atoms with van der Waals surface area (Å²) in [5.41, 5.74) is 1.75. The molecule has 26 heavy (non-hydrogen) atoms. The van der Waals surface area contributed by atoms with Crippen LogP contribution in [-0.4, -0.2) is 34.2 Å². The summed E-state index contributed by atoms with van der Waals surface area (Å²) in [4.78, 5) is 12.3. The number of anilines is 2. The zero-order valence-corrected chi connectivity index (χ0v) is 16.4. The van der Waals surface area contributed by atoms with Crippen LogP contribution in [0.4, 0.5) is 11.4 Å². The van der Waals surface area contributed by atoms with Gasteiger partial charge in [-0.3, -0.25) is 9.10 Å². The van der Waals surface area contributed by atoms with E-state index < -0.39 is 10.0 Å². The number of hydrogen-bond donors (Lipinski definition) is 1. The molecule has 0 bridgehead atoms. The third-order valence-electron chi connectivity index (χ3n) is 3.75. The molecule has 8 heteroatoms. The predicted molar refractivity (Wildman–Crippen MR) is 105 cm³/mol. The van der Waals surface area contributed by atoms with Crippen LogP contribution in [0.3, 0.4) is 0 Å². The Kier molecular flexibility index (Phi) is 6.50. The van der Waals surface area contributed by atoms with Crippen molar-refractivity contribution in [1.82, 2.24) is 0 Å². The number of methoxy groups -OCH3 is 1. The van der Waals surface area contributed by atoms with E-state index in [1.54, 1.807) is 49.4 Å². The number of nitrogens with one attached hydrogen (secondary N) is 1. The molecule has 0 radical (unpaired) electrons. The van der Waals surface area contributed by atoms with Crippen molar-refractivity contribution >= 4 is 38.9 Å². The van der Waals surface area contributed by atoms with Crippen molar-refractivity contribution in [1.29, 1.82) is 0 Å². The maximum atomic E-state index is 12.3. The summed E-state index contributed by atoms with van der Waals surface area (Å²) in [6.07, 6.45) is 1.10. The molecule has 0 atom stereocenters. The molecule has 2 rings (SSSR count). The number of halogens is 1. The number of amides is 1. The van der Waals surface area contributed by atoms with Crippen LogP contribution in [0, 0.1) is 6.92 Å². The van der Waals surface area contributed by atoms with E-state index in [1.165, 1.54) is 11.4 Å². The summed E-state index contributed by atoms with van der Waals surface area (Å²) >= 11 is 5.94. The number of carbonyl (C=O) groups is 1. The molecule has 6 nitrogen and oxygen atoms in total. The highest BCUT2D eigenvalue weighted by Gasteiger charge is 2.20. The molecule has 0 spiro atoms. The van der Waals surface area contributed by atoms with Crippen molar-refractivity contribution in [2.75, 3.05) is 29.5 Å². The summed E-state index contributed by atoms with van der Waals surface area (Å²) in [5.74, 6) is 0.226. The molecule has 0 fully saturated rings. The van der Waals surface area contributed by atoms with Gasteiger partial charge in [-0.05, 0) is 42.8 Å². The first-order chi connectivity index (χ1) is 12.2. The lowest BCUT2D eigenvalue weighted by atomic mass is 10.2. The molecule has 0 aromatic heterocycles. The molecule has 0 unspecified atom stereocenters. The molecule has 0 aliphatic rings. The minimum absolute atomic E-state index is 0.00676. The van der Waals surface area contributed by atoms with Gasteiger partial charge < -0.3 is 10.1 Å². The number of hydrogen-bond acceptors (Lipinski definition) is 4. The highest BCUT2D eigenvalue weighted by Crippen LogP contribution is 2.26. The van der Waals surface area contributed by atoms with Crippen molar-refractivity contribution in [3.63, 3.8) is 0 Å². The number of rotatable bonds is 7. The van der Waals surface area contributed by atoms with Gasteiger partial charge in [0.2, 0.25) is 15.9 Å². The fourth-order valence-corrected chi connectivity index (χ4v) is 3.74. The minimum atomic E-state index is -3.55. The Balaban J connectivity index is 2.14. The van der Waals surface area contributed by atoms with E-state index in [2.05, 4.69) is 5.32 Å². The summed E-state index contributed by atoms with van der Waals surface area (Å²) in [6.45, 7) is 1.79. The zero-order chi connectivity index (χ0) is 19.3. The van der Waals surface area contributed by atoms with Gasteiger partial charge in [-0.25, -0.2) is 8.42 Å². The maximum absolute atomic E-state index is 12.3. The molecule has 1 N–H and O–H groups in total. The molecule has 1 amide bonds. The van der Waals surface area contributed by atoms with Crippen LogP contribution in [-0.2, 0) is 14.8 Å². The van der Waals surface area contributed by atoms with E-state index in [0.29, 0.717) is 27.7 Å². The normalized spacial score (nSPS) is 11.1. The van der Waals surface area contributed by atoms with Gasteiger partial charge in [0.05, 0.1) is 24.7 Å². The Morgan fingerprint density at radius 1 is 1.23 bits per heavy atom. The quantitative estimate of drug-likeness (QED) is 0.777. The molecule has 2 aromatic rings. The van der Waals surface area contributed by atoms with Crippen LogP contribution in [0.5, 0.6) is 5.75 Å². The van der Waals surface area contributed by atoms with Crippen LogP contribution in [0.1, 0.15) is 12.0 Å². The average molecular weight is 397 g/mol. The van der Waals surface area contributed by atoms with Gasteiger partial charge in [-0.2, -0.15) is 0 Å². The number of sulfonamides is 1. The molecule has 0 aliphatic carbocycles. The smallest absolute Gasteiger partial charge is 0.232 e. The van der Waals surface area contributed by atoms with Crippen LogP contribution in [0.15, 0.2) is 42.5 Å². The molecule has 0 saturated heterocycles. The SMILES string of the molecule is COc1ccccc1NC(=O)CCN(c1ccc(Cl)cc1C)S(C)(=O)=O. The van der Waals surface area contributed by atoms with Gasteiger partial charge >= 0.3 is 0 Å². The number of ether oxygens (including phenoxy) is 1. The summed E-state index contributed by atoms with van der Waals surface area (Å²) in [5, 5.41) is 3.26. The highest BCUT2D eigenvalue weighted by atomic mass is 35.5. The van der Waals surface area contributed by atoms with E-state index in [9.17, 15) is 13.2 Å². The third-order valence-corrected chi connectivity index (χ3v) is 5.17. The molecular weight excluding hydrogens is 376 g/mol. The van der Waals surface area contributed by atoms with Crippen LogP contribution in [0.25, 0.3) is 0 Å². The maximum Gasteiger partial charge on any atom is 0.232 e. The first-order valence-electron chi connectivity index (χ1n) is 7.89. The van der Waals surface area contributed by atoms with E-state index in [4.69, 9.17) is 16.3 Å². The van der Waals surface area contributed by atoms with Crippen LogP contribution in [0.2, 0.25) is 5.02 Å². The van der Waals surface area contributed by atoms with Gasteiger partial charge in [0, 0.05) is 18.0 Å². The monoisotopic (exact) mass is 396 g/mol. The second kappa shape index (κ2) is 8.42. The van der Waals surface area contributed by atoms with Gasteiger partial charge in [0.15, 0.2) is 0 Å². The zero-order valence-electron chi connectivity index (χ0n) is 14.8. The summed E-state index contributed by atoms with van der Waals surface area (Å²) < 4.78 is 30.8. The molecule has 0 heterocycles. The lowest BCUT2D eigenvalue weighted by Gasteiger charge is -2.24. The van der Waals surface area contributed by atoms with Crippen LogP contribution < -0.4 is 14.4 Å². The van der Waals surface area contributed by atoms with Crippen molar-refractivity contribution in [2.24, 2.45) is 0 Å². The van der Waals surface area contributed by atoms with Crippen molar-refractivity contribution in [3.05, 3.63) is 53.1 Å². The average Bonchev–Trinajstić information content (AvgIpc) is 2.56. The Labute approximate surface area is 158 Å². The Hall–Kier alpha value is -2.25. The van der Waals surface area contributed by atoms with Crippen LogP contribution >= 0.6 is 11.6 Å². The first kappa shape index (κ1) is 20.1. The number of nitrogens with zero attached hydrogens (tertiary/aromatic N) is 1. The van der Waals surface area contributed by atoms with E-state index in [0.717, 1.165) is 6.26 Å². The standard InChI is InChI=1S/C18H21ClN2O4S/c1-13-12-14(19)8-9-16(13)21(26(3,23)24)11-10-18(22)20-15-6-4-5-7-17(15)25-2/h4-9,12H,10-11H2,1-3H3,(H,20,22).